The Morgan fingerprint density at radius 2 is 2.31 bits per heavy atom. The van der Waals surface area contributed by atoms with Gasteiger partial charge in [0.05, 0.1) is 6.54 Å². The van der Waals surface area contributed by atoms with E-state index in [-0.39, 0.29) is 11.9 Å². The second kappa shape index (κ2) is 5.84. The van der Waals surface area contributed by atoms with E-state index in [0.717, 1.165) is 16.6 Å². The van der Waals surface area contributed by atoms with Gasteiger partial charge in [0, 0.05) is 23.7 Å². The van der Waals surface area contributed by atoms with Crippen LogP contribution in [0.3, 0.4) is 0 Å². The molecular formula is C11H19N3OS. The van der Waals surface area contributed by atoms with Gasteiger partial charge < -0.3 is 10.2 Å². The van der Waals surface area contributed by atoms with Gasteiger partial charge >= 0.3 is 0 Å². The van der Waals surface area contributed by atoms with Crippen molar-refractivity contribution in [1.29, 1.82) is 0 Å². The molecule has 0 spiro atoms. The lowest BCUT2D eigenvalue weighted by Crippen LogP contribution is -2.40. The van der Waals surface area contributed by atoms with E-state index >= 15 is 0 Å². The lowest BCUT2D eigenvalue weighted by molar-refractivity contribution is -0.120. The van der Waals surface area contributed by atoms with Gasteiger partial charge in [-0.15, -0.1) is 11.3 Å². The number of likely N-dealkylation sites (N-methyl/N-ethyl adjacent to an activating group) is 1. The van der Waals surface area contributed by atoms with Crippen molar-refractivity contribution >= 4 is 22.4 Å². The maximum absolute atomic E-state index is 11.6. The third-order valence-electron chi connectivity index (χ3n) is 2.05. The number of anilines is 1. The highest BCUT2D eigenvalue weighted by atomic mass is 32.1. The Morgan fingerprint density at radius 1 is 1.62 bits per heavy atom. The Labute approximate surface area is 101 Å². The van der Waals surface area contributed by atoms with Crippen LogP contribution >= 0.6 is 11.3 Å². The number of amides is 1. The highest BCUT2D eigenvalue weighted by molar-refractivity contribution is 7.15. The third-order valence-corrected chi connectivity index (χ3v) is 3.02. The molecule has 4 nitrogen and oxygen atoms in total. The SMILES string of the molecule is CCN(CC(=O)NC(C)C)c1ncc(C)s1. The van der Waals surface area contributed by atoms with E-state index in [2.05, 4.69) is 10.3 Å². The van der Waals surface area contributed by atoms with Crippen molar-refractivity contribution in [3.05, 3.63) is 11.1 Å². The molecule has 90 valence electrons. The summed E-state index contributed by atoms with van der Waals surface area (Å²) in [7, 11) is 0. The van der Waals surface area contributed by atoms with Gasteiger partial charge in [-0.2, -0.15) is 0 Å². The number of carbonyl (C=O) groups excluding carboxylic acids is 1. The fourth-order valence-electron chi connectivity index (χ4n) is 1.34. The van der Waals surface area contributed by atoms with Gasteiger partial charge in [0.15, 0.2) is 5.13 Å². The monoisotopic (exact) mass is 241 g/mol. The largest absolute Gasteiger partial charge is 0.352 e. The highest BCUT2D eigenvalue weighted by Gasteiger charge is 2.13. The zero-order valence-corrected chi connectivity index (χ0v) is 11.1. The molecule has 16 heavy (non-hydrogen) atoms. The quantitative estimate of drug-likeness (QED) is 0.855. The molecule has 1 aromatic rings. The standard InChI is InChI=1S/C11H19N3OS/c1-5-14(7-10(15)13-8(2)3)11-12-6-9(4)16-11/h6,8H,5,7H2,1-4H3,(H,13,15). The first-order valence-electron chi connectivity index (χ1n) is 5.49. The summed E-state index contributed by atoms with van der Waals surface area (Å²) in [5, 5.41) is 3.80. The maximum atomic E-state index is 11.6. The van der Waals surface area contributed by atoms with E-state index in [9.17, 15) is 4.79 Å². The number of aryl methyl sites for hydroxylation is 1. The predicted octanol–water partition coefficient (Wildman–Crippen LogP) is 1.80. The normalized spacial score (nSPS) is 10.6. The van der Waals surface area contributed by atoms with Crippen molar-refractivity contribution in [2.75, 3.05) is 18.0 Å². The Bertz CT molecular complexity index is 349. The average Bonchev–Trinajstić information content (AvgIpc) is 2.60. The summed E-state index contributed by atoms with van der Waals surface area (Å²) < 4.78 is 0. The van der Waals surface area contributed by atoms with E-state index in [1.165, 1.54) is 0 Å². The molecule has 0 atom stereocenters. The molecule has 0 saturated heterocycles. The molecule has 0 aliphatic heterocycles. The van der Waals surface area contributed by atoms with Gasteiger partial charge in [-0.25, -0.2) is 4.98 Å². The zero-order chi connectivity index (χ0) is 12.1. The molecule has 0 unspecified atom stereocenters. The summed E-state index contributed by atoms with van der Waals surface area (Å²) in [6.07, 6.45) is 1.84. The molecule has 0 saturated carbocycles. The Kier molecular flexibility index (Phi) is 4.73. The summed E-state index contributed by atoms with van der Waals surface area (Å²) in [6.45, 7) is 9.13. The minimum Gasteiger partial charge on any atom is -0.352 e. The smallest absolute Gasteiger partial charge is 0.239 e. The molecule has 0 bridgehead atoms. The van der Waals surface area contributed by atoms with Gasteiger partial charge in [-0.05, 0) is 27.7 Å². The van der Waals surface area contributed by atoms with Gasteiger partial charge in [0.25, 0.3) is 0 Å². The Balaban J connectivity index is 2.59. The second-order valence-electron chi connectivity index (χ2n) is 3.99. The van der Waals surface area contributed by atoms with E-state index in [1.54, 1.807) is 11.3 Å². The average molecular weight is 241 g/mol. The van der Waals surface area contributed by atoms with Crippen LogP contribution in [0.25, 0.3) is 0 Å². The van der Waals surface area contributed by atoms with E-state index in [4.69, 9.17) is 0 Å². The molecule has 1 amide bonds. The fraction of sp³-hybridized carbons (Fsp3) is 0.636. The topological polar surface area (TPSA) is 45.2 Å². The molecule has 1 heterocycles. The van der Waals surface area contributed by atoms with E-state index in [1.807, 2.05) is 38.8 Å². The number of rotatable bonds is 5. The van der Waals surface area contributed by atoms with Crippen LogP contribution in [0.5, 0.6) is 0 Å². The first-order valence-corrected chi connectivity index (χ1v) is 6.31. The van der Waals surface area contributed by atoms with Crippen LogP contribution in [-0.2, 0) is 4.79 Å². The third kappa shape index (κ3) is 3.81. The number of carbonyl (C=O) groups is 1. The van der Waals surface area contributed by atoms with Gasteiger partial charge in [-0.1, -0.05) is 0 Å². The fourth-order valence-corrected chi connectivity index (χ4v) is 2.17. The van der Waals surface area contributed by atoms with Gasteiger partial charge in [0.2, 0.25) is 5.91 Å². The molecule has 1 rings (SSSR count). The van der Waals surface area contributed by atoms with Crippen LogP contribution in [0, 0.1) is 6.92 Å². The van der Waals surface area contributed by atoms with Crippen molar-refractivity contribution in [1.82, 2.24) is 10.3 Å². The lowest BCUT2D eigenvalue weighted by Gasteiger charge is -2.19. The minimum atomic E-state index is 0.0460. The first kappa shape index (κ1) is 13.0. The summed E-state index contributed by atoms with van der Waals surface area (Å²) >= 11 is 1.62. The summed E-state index contributed by atoms with van der Waals surface area (Å²) in [5.41, 5.74) is 0. The summed E-state index contributed by atoms with van der Waals surface area (Å²) in [5.74, 6) is 0.0460. The molecule has 5 heteroatoms. The van der Waals surface area contributed by atoms with Gasteiger partial charge in [0.1, 0.15) is 0 Å². The lowest BCUT2D eigenvalue weighted by atomic mass is 10.4. The van der Waals surface area contributed by atoms with Crippen LogP contribution in [0.4, 0.5) is 5.13 Å². The predicted molar refractivity (Wildman–Crippen MR) is 68.0 cm³/mol. The highest BCUT2D eigenvalue weighted by Crippen LogP contribution is 2.20. The van der Waals surface area contributed by atoms with Crippen molar-refractivity contribution in [2.45, 2.75) is 33.7 Å². The number of hydrogen-bond acceptors (Lipinski definition) is 4. The number of aromatic nitrogens is 1. The maximum Gasteiger partial charge on any atom is 0.239 e. The van der Waals surface area contributed by atoms with Crippen molar-refractivity contribution < 1.29 is 4.79 Å². The first-order chi connectivity index (χ1) is 7.52. The molecule has 0 aliphatic carbocycles. The second-order valence-corrected chi connectivity index (χ2v) is 5.20. The summed E-state index contributed by atoms with van der Waals surface area (Å²) in [6, 6.07) is 0.184. The zero-order valence-electron chi connectivity index (χ0n) is 10.3. The number of nitrogens with zero attached hydrogens (tertiary/aromatic N) is 2. The molecule has 0 fully saturated rings. The van der Waals surface area contributed by atoms with Crippen LogP contribution < -0.4 is 10.2 Å². The molecule has 0 aliphatic rings. The van der Waals surface area contributed by atoms with Crippen LogP contribution in [0.1, 0.15) is 25.6 Å². The molecule has 1 aromatic heterocycles. The van der Waals surface area contributed by atoms with Crippen molar-refractivity contribution in [2.24, 2.45) is 0 Å². The Morgan fingerprint density at radius 3 is 2.75 bits per heavy atom. The van der Waals surface area contributed by atoms with Crippen LogP contribution in [0.15, 0.2) is 6.20 Å². The number of hydrogen-bond donors (Lipinski definition) is 1. The van der Waals surface area contributed by atoms with Crippen LogP contribution in [0.2, 0.25) is 0 Å². The molecule has 0 radical (unpaired) electrons. The Hall–Kier alpha value is -1.10. The van der Waals surface area contributed by atoms with Crippen molar-refractivity contribution in [3.63, 3.8) is 0 Å². The number of nitrogens with one attached hydrogen (secondary N) is 1. The summed E-state index contributed by atoms with van der Waals surface area (Å²) in [4.78, 5) is 19.1. The van der Waals surface area contributed by atoms with Gasteiger partial charge in [-0.3, -0.25) is 4.79 Å². The van der Waals surface area contributed by atoms with E-state index in [0.29, 0.717) is 6.54 Å². The number of thiazole rings is 1. The van der Waals surface area contributed by atoms with Crippen LogP contribution in [-0.4, -0.2) is 30.0 Å². The molecule has 1 N–H and O–H groups in total. The van der Waals surface area contributed by atoms with Crippen molar-refractivity contribution in [3.8, 4) is 0 Å². The molecular weight excluding hydrogens is 222 g/mol. The van der Waals surface area contributed by atoms with E-state index < -0.39 is 0 Å². The minimum absolute atomic E-state index is 0.0460. The molecule has 0 aromatic carbocycles.